The van der Waals surface area contributed by atoms with Crippen LogP contribution in [0.3, 0.4) is 0 Å². The minimum atomic E-state index is -5.02. The molecule has 0 aliphatic rings. The first-order valence-corrected chi connectivity index (χ1v) is 6.75. The first-order chi connectivity index (χ1) is 11.1. The summed E-state index contributed by atoms with van der Waals surface area (Å²) >= 11 is 10.8. The lowest BCUT2D eigenvalue weighted by Gasteiger charge is -2.15. The van der Waals surface area contributed by atoms with Gasteiger partial charge in [-0.1, -0.05) is 29.8 Å². The van der Waals surface area contributed by atoms with Crippen LogP contribution in [0.4, 0.5) is 33.6 Å². The van der Waals surface area contributed by atoms with Crippen LogP contribution in [0.15, 0.2) is 23.5 Å². The van der Waals surface area contributed by atoms with E-state index in [1.807, 2.05) is 0 Å². The third-order valence-electron chi connectivity index (χ3n) is 2.79. The summed E-state index contributed by atoms with van der Waals surface area (Å²) in [7, 11) is 0. The molecule has 0 spiro atoms. The predicted octanol–water partition coefficient (Wildman–Crippen LogP) is 4.69. The molecule has 0 atom stereocenters. The Morgan fingerprint density at radius 1 is 1.21 bits per heavy atom. The zero-order valence-corrected chi connectivity index (χ0v) is 12.9. The molecule has 0 fully saturated rings. The Morgan fingerprint density at radius 2 is 1.83 bits per heavy atom. The molecule has 0 radical (unpaired) electrons. The van der Waals surface area contributed by atoms with Gasteiger partial charge in [0.2, 0.25) is 5.95 Å². The topological polar surface area (TPSA) is 46.9 Å². The summed E-state index contributed by atoms with van der Waals surface area (Å²) in [6, 6.07) is 1.66. The fourth-order valence-corrected chi connectivity index (χ4v) is 2.11. The summed E-state index contributed by atoms with van der Waals surface area (Å²) in [5.74, 6) is -3.07. The summed E-state index contributed by atoms with van der Waals surface area (Å²) in [6.45, 7) is 3.24. The van der Waals surface area contributed by atoms with E-state index < -0.39 is 50.7 Å². The maximum Gasteiger partial charge on any atom is 0.435 e. The van der Waals surface area contributed by atoms with E-state index in [-0.39, 0.29) is 0 Å². The zero-order chi connectivity index (χ0) is 18.2. The van der Waals surface area contributed by atoms with Gasteiger partial charge in [0.05, 0.1) is 5.69 Å². The monoisotopic (exact) mass is 385 g/mol. The summed E-state index contributed by atoms with van der Waals surface area (Å²) in [4.78, 5) is 15.1. The maximum absolute atomic E-state index is 13.9. The molecule has 1 N–H and O–H groups in total. The molecular formula is C13H6Cl2F5N3O. The highest BCUT2D eigenvalue weighted by atomic mass is 35.5. The maximum atomic E-state index is 13.9. The van der Waals surface area contributed by atoms with Gasteiger partial charge in [-0.3, -0.25) is 9.36 Å². The lowest BCUT2D eigenvalue weighted by Crippen LogP contribution is -2.25. The van der Waals surface area contributed by atoms with E-state index in [0.29, 0.717) is 4.57 Å². The minimum Gasteiger partial charge on any atom is -0.323 e. The first-order valence-electron chi connectivity index (χ1n) is 6.00. The average Bonchev–Trinajstić information content (AvgIpc) is 2.50. The van der Waals surface area contributed by atoms with E-state index in [1.54, 1.807) is 0 Å². The van der Waals surface area contributed by atoms with Crippen LogP contribution < -0.4 is 10.9 Å². The van der Waals surface area contributed by atoms with Crippen molar-refractivity contribution in [3.8, 4) is 0 Å². The molecule has 128 valence electrons. The molecule has 2 aromatic rings. The van der Waals surface area contributed by atoms with E-state index in [4.69, 9.17) is 23.2 Å². The zero-order valence-electron chi connectivity index (χ0n) is 11.4. The number of halogens is 7. The summed E-state index contributed by atoms with van der Waals surface area (Å²) in [5.41, 5.74) is -3.44. The number of nitrogens with one attached hydrogen (secondary N) is 1. The van der Waals surface area contributed by atoms with Gasteiger partial charge in [0, 0.05) is 6.20 Å². The summed E-state index contributed by atoms with van der Waals surface area (Å²) in [6.07, 6.45) is -4.20. The average molecular weight is 386 g/mol. The summed E-state index contributed by atoms with van der Waals surface area (Å²) < 4.78 is 66.2. The van der Waals surface area contributed by atoms with Gasteiger partial charge in [-0.15, -0.1) is 0 Å². The molecular weight excluding hydrogens is 380 g/mol. The number of alkyl halides is 3. The molecule has 4 nitrogen and oxygen atoms in total. The molecule has 1 aromatic heterocycles. The van der Waals surface area contributed by atoms with Crippen LogP contribution in [0.5, 0.6) is 0 Å². The van der Waals surface area contributed by atoms with Gasteiger partial charge in [-0.05, 0) is 12.1 Å². The van der Waals surface area contributed by atoms with Crippen LogP contribution in [-0.4, -0.2) is 9.55 Å². The van der Waals surface area contributed by atoms with E-state index in [0.717, 1.165) is 18.3 Å². The van der Waals surface area contributed by atoms with Crippen LogP contribution in [0.1, 0.15) is 5.69 Å². The Hall–Kier alpha value is -2.13. The van der Waals surface area contributed by atoms with Crippen molar-refractivity contribution in [2.24, 2.45) is 0 Å². The second-order valence-electron chi connectivity index (χ2n) is 4.30. The molecule has 2 rings (SSSR count). The van der Waals surface area contributed by atoms with Crippen LogP contribution in [0.2, 0.25) is 10.0 Å². The van der Waals surface area contributed by atoms with Crippen LogP contribution in [-0.2, 0) is 6.18 Å². The highest BCUT2D eigenvalue weighted by Crippen LogP contribution is 2.33. The minimum absolute atomic E-state index is 0.501. The largest absolute Gasteiger partial charge is 0.435 e. The second kappa shape index (κ2) is 6.40. The van der Waals surface area contributed by atoms with Gasteiger partial charge in [-0.2, -0.15) is 13.2 Å². The van der Waals surface area contributed by atoms with Crippen molar-refractivity contribution in [2.75, 3.05) is 5.32 Å². The van der Waals surface area contributed by atoms with Crippen molar-refractivity contribution in [2.45, 2.75) is 6.18 Å². The standard InChI is InChI=1S/C13H6Cl2F5N3O/c1-2-23-11(24)8(15)10(13(18,19)20)22-12(23)21-6-4-3-5(16)7(14)9(6)17/h2-4H,1H2,(H,21,22). The number of benzene rings is 1. The van der Waals surface area contributed by atoms with Crippen molar-refractivity contribution in [1.29, 1.82) is 0 Å². The SMILES string of the molecule is C=Cn1c(Nc2ccc(F)c(Cl)c2F)nc(C(F)(F)F)c(Cl)c1=O. The smallest absolute Gasteiger partial charge is 0.323 e. The Kier molecular flexibility index (Phi) is 4.86. The van der Waals surface area contributed by atoms with E-state index in [1.165, 1.54) is 0 Å². The fourth-order valence-electron chi connectivity index (χ4n) is 1.70. The van der Waals surface area contributed by atoms with E-state index >= 15 is 0 Å². The van der Waals surface area contributed by atoms with Crippen molar-refractivity contribution in [3.63, 3.8) is 0 Å². The molecule has 0 amide bonds. The Morgan fingerprint density at radius 3 is 2.38 bits per heavy atom. The third kappa shape index (κ3) is 3.22. The third-order valence-corrected chi connectivity index (χ3v) is 3.48. The van der Waals surface area contributed by atoms with Crippen LogP contribution >= 0.6 is 23.2 Å². The number of aromatic nitrogens is 2. The Labute approximate surface area is 141 Å². The summed E-state index contributed by atoms with van der Waals surface area (Å²) in [5, 5.41) is 0.0835. The highest BCUT2D eigenvalue weighted by Gasteiger charge is 2.38. The van der Waals surface area contributed by atoms with Crippen molar-refractivity contribution < 1.29 is 22.0 Å². The second-order valence-corrected chi connectivity index (χ2v) is 5.06. The lowest BCUT2D eigenvalue weighted by atomic mass is 10.3. The van der Waals surface area contributed by atoms with Crippen molar-refractivity contribution in [3.05, 3.63) is 56.4 Å². The number of hydrogen-bond acceptors (Lipinski definition) is 3. The van der Waals surface area contributed by atoms with Gasteiger partial charge < -0.3 is 5.32 Å². The fraction of sp³-hybridized carbons (Fsp3) is 0.0769. The molecule has 24 heavy (non-hydrogen) atoms. The molecule has 0 aliphatic carbocycles. The number of rotatable bonds is 3. The van der Waals surface area contributed by atoms with E-state index in [9.17, 15) is 26.7 Å². The van der Waals surface area contributed by atoms with Crippen molar-refractivity contribution in [1.82, 2.24) is 9.55 Å². The van der Waals surface area contributed by atoms with Gasteiger partial charge in [0.25, 0.3) is 5.56 Å². The molecule has 0 unspecified atom stereocenters. The first kappa shape index (κ1) is 18.2. The Bertz CT molecular complexity index is 879. The molecule has 1 aromatic carbocycles. The molecule has 0 saturated carbocycles. The van der Waals surface area contributed by atoms with Crippen molar-refractivity contribution >= 4 is 41.0 Å². The molecule has 1 heterocycles. The normalized spacial score (nSPS) is 11.5. The van der Waals surface area contributed by atoms with Gasteiger partial charge in [0.1, 0.15) is 15.9 Å². The van der Waals surface area contributed by atoms with Crippen LogP contribution in [0.25, 0.3) is 6.20 Å². The molecule has 0 aliphatic heterocycles. The predicted molar refractivity (Wildman–Crippen MR) is 79.5 cm³/mol. The lowest BCUT2D eigenvalue weighted by molar-refractivity contribution is -0.141. The van der Waals surface area contributed by atoms with Crippen LogP contribution in [0, 0.1) is 11.6 Å². The Balaban J connectivity index is 2.67. The van der Waals surface area contributed by atoms with Gasteiger partial charge in [-0.25, -0.2) is 13.8 Å². The van der Waals surface area contributed by atoms with Gasteiger partial charge in [0.15, 0.2) is 11.5 Å². The number of nitrogens with zero attached hydrogens (tertiary/aromatic N) is 2. The molecule has 11 heteroatoms. The number of anilines is 2. The molecule has 0 bridgehead atoms. The highest BCUT2D eigenvalue weighted by molar-refractivity contribution is 6.31. The van der Waals surface area contributed by atoms with Gasteiger partial charge >= 0.3 is 6.18 Å². The molecule has 0 saturated heterocycles. The number of hydrogen-bond donors (Lipinski definition) is 1. The van der Waals surface area contributed by atoms with E-state index in [2.05, 4.69) is 16.9 Å². The quantitative estimate of drug-likeness (QED) is 0.615.